The molecule has 0 aliphatic carbocycles. The standard InChI is InChI=1S/C34H57N3O5/c1-10-23(5)32(36(8)30(38)20-22(3)4)29(42-9)21-31(39)37-19-15-18-28(37)27(11-2)24(6)34(41)35-25(7)33(40)26-16-13-12-14-17-26/h12-14,16-17,22-25,27-29,32-33,40H,10-11,15,18-21H2,1-9H3,(H,35,41)/t23-,24+,25+,27+,28-,29+,32-,33+/m0/s1. The predicted octanol–water partition coefficient (Wildman–Crippen LogP) is 5.20. The summed E-state index contributed by atoms with van der Waals surface area (Å²) in [5, 5.41) is 13.8. The van der Waals surface area contributed by atoms with E-state index in [0.717, 1.165) is 31.2 Å². The lowest BCUT2D eigenvalue weighted by Gasteiger charge is -2.39. The molecule has 0 unspecified atom stereocenters. The van der Waals surface area contributed by atoms with Gasteiger partial charge in [-0.05, 0) is 43.1 Å². The fraction of sp³-hybridized carbons (Fsp3) is 0.735. The summed E-state index contributed by atoms with van der Waals surface area (Å²) < 4.78 is 5.92. The second-order valence-electron chi connectivity index (χ2n) is 12.8. The van der Waals surface area contributed by atoms with Crippen LogP contribution in [0.25, 0.3) is 0 Å². The van der Waals surface area contributed by atoms with Crippen molar-refractivity contribution in [2.24, 2.45) is 23.7 Å². The third-order valence-corrected chi connectivity index (χ3v) is 9.34. The van der Waals surface area contributed by atoms with Crippen molar-refractivity contribution in [1.29, 1.82) is 0 Å². The highest BCUT2D eigenvalue weighted by Gasteiger charge is 2.41. The number of aliphatic hydroxyl groups is 1. The van der Waals surface area contributed by atoms with Crippen molar-refractivity contribution in [2.75, 3.05) is 20.7 Å². The molecule has 2 N–H and O–H groups in total. The van der Waals surface area contributed by atoms with E-state index in [4.69, 9.17) is 4.74 Å². The first-order chi connectivity index (χ1) is 19.9. The molecule has 1 fully saturated rings. The molecule has 0 radical (unpaired) electrons. The van der Waals surface area contributed by atoms with Crippen LogP contribution in [-0.4, -0.2) is 77.6 Å². The molecule has 1 aromatic carbocycles. The number of aliphatic hydroxyl groups excluding tert-OH is 1. The van der Waals surface area contributed by atoms with Gasteiger partial charge in [-0.1, -0.05) is 84.7 Å². The minimum Gasteiger partial charge on any atom is -0.386 e. The number of hydrogen-bond acceptors (Lipinski definition) is 5. The van der Waals surface area contributed by atoms with Crippen LogP contribution >= 0.6 is 0 Å². The lowest BCUT2D eigenvalue weighted by Crippen LogP contribution is -2.52. The van der Waals surface area contributed by atoms with Crippen molar-refractivity contribution in [3.8, 4) is 0 Å². The number of likely N-dealkylation sites (N-methyl/N-ethyl adjacent to an activating group) is 1. The number of carbonyl (C=O) groups is 3. The zero-order valence-corrected chi connectivity index (χ0v) is 27.5. The summed E-state index contributed by atoms with van der Waals surface area (Å²) in [4.78, 5) is 44.0. The van der Waals surface area contributed by atoms with E-state index in [1.165, 1.54) is 0 Å². The molecule has 42 heavy (non-hydrogen) atoms. The third kappa shape index (κ3) is 9.27. The monoisotopic (exact) mass is 587 g/mol. The number of hydrogen-bond donors (Lipinski definition) is 2. The molecule has 1 aliphatic heterocycles. The number of amides is 3. The molecule has 8 heteroatoms. The van der Waals surface area contributed by atoms with E-state index in [2.05, 4.69) is 26.1 Å². The van der Waals surface area contributed by atoms with E-state index in [1.807, 2.05) is 70.0 Å². The van der Waals surface area contributed by atoms with Gasteiger partial charge in [0.05, 0.1) is 30.7 Å². The van der Waals surface area contributed by atoms with Crippen LogP contribution in [0.15, 0.2) is 30.3 Å². The molecule has 0 spiro atoms. The smallest absolute Gasteiger partial charge is 0.225 e. The molecule has 1 aromatic rings. The van der Waals surface area contributed by atoms with Crippen LogP contribution in [0.1, 0.15) is 98.7 Å². The summed E-state index contributed by atoms with van der Waals surface area (Å²) in [6.07, 6.45) is 2.80. The van der Waals surface area contributed by atoms with Crippen LogP contribution in [0.4, 0.5) is 0 Å². The fourth-order valence-electron chi connectivity index (χ4n) is 6.61. The number of carbonyl (C=O) groups excluding carboxylic acids is 3. The van der Waals surface area contributed by atoms with E-state index in [-0.39, 0.29) is 59.9 Å². The third-order valence-electron chi connectivity index (χ3n) is 9.34. The lowest BCUT2D eigenvalue weighted by molar-refractivity contribution is -0.144. The van der Waals surface area contributed by atoms with Crippen LogP contribution in [0.5, 0.6) is 0 Å². The van der Waals surface area contributed by atoms with Gasteiger partial charge in [-0.2, -0.15) is 0 Å². The minimum absolute atomic E-state index is 0.0147. The number of likely N-dealkylation sites (tertiary alicyclic amines) is 1. The van der Waals surface area contributed by atoms with Gasteiger partial charge in [-0.25, -0.2) is 0 Å². The summed E-state index contributed by atoms with van der Waals surface area (Å²) in [5.74, 6) is 0.0471. The molecule has 2 rings (SSSR count). The molecule has 238 valence electrons. The first-order valence-corrected chi connectivity index (χ1v) is 16.0. The van der Waals surface area contributed by atoms with Crippen LogP contribution in [-0.2, 0) is 19.1 Å². The molecular formula is C34H57N3O5. The minimum atomic E-state index is -0.804. The molecule has 3 amide bonds. The first-order valence-electron chi connectivity index (χ1n) is 16.0. The molecular weight excluding hydrogens is 530 g/mol. The van der Waals surface area contributed by atoms with E-state index < -0.39 is 18.2 Å². The number of benzene rings is 1. The second-order valence-corrected chi connectivity index (χ2v) is 12.8. The fourth-order valence-corrected chi connectivity index (χ4v) is 6.61. The highest BCUT2D eigenvalue weighted by molar-refractivity contribution is 5.80. The molecule has 1 saturated heterocycles. The molecule has 8 nitrogen and oxygen atoms in total. The summed E-state index contributed by atoms with van der Waals surface area (Å²) in [6, 6.07) is 8.64. The average Bonchev–Trinajstić information content (AvgIpc) is 3.46. The maximum atomic E-state index is 13.9. The Morgan fingerprint density at radius 1 is 1.05 bits per heavy atom. The largest absolute Gasteiger partial charge is 0.386 e. The Labute approximate surface area is 254 Å². The number of rotatable bonds is 16. The SMILES string of the molecule is CC[C@H]([C@@H](C)C(=O)N[C@H](C)[C@@H](O)c1ccccc1)[C@@H]1CCCN1C(=O)C[C@@H](OC)[C@H]([C@@H](C)CC)N(C)C(=O)CC(C)C. The molecule has 0 bridgehead atoms. The van der Waals surface area contributed by atoms with Gasteiger partial charge in [0.1, 0.15) is 0 Å². The van der Waals surface area contributed by atoms with Gasteiger partial charge in [-0.3, -0.25) is 14.4 Å². The Morgan fingerprint density at radius 3 is 2.24 bits per heavy atom. The molecule has 8 atom stereocenters. The predicted molar refractivity (Wildman–Crippen MR) is 168 cm³/mol. The number of methoxy groups -OCH3 is 1. The maximum Gasteiger partial charge on any atom is 0.225 e. The van der Waals surface area contributed by atoms with Crippen LogP contribution in [0.2, 0.25) is 0 Å². The normalized spacial score (nSPS) is 20.4. The van der Waals surface area contributed by atoms with Gasteiger partial charge in [0.2, 0.25) is 17.7 Å². The molecule has 0 aromatic heterocycles. The lowest BCUT2D eigenvalue weighted by atomic mass is 9.82. The van der Waals surface area contributed by atoms with Crippen molar-refractivity contribution in [3.05, 3.63) is 35.9 Å². The van der Waals surface area contributed by atoms with Gasteiger partial charge in [0.25, 0.3) is 0 Å². The number of nitrogens with one attached hydrogen (secondary N) is 1. The van der Waals surface area contributed by atoms with E-state index >= 15 is 0 Å². The van der Waals surface area contributed by atoms with Crippen molar-refractivity contribution in [2.45, 2.75) is 117 Å². The van der Waals surface area contributed by atoms with Gasteiger partial charge >= 0.3 is 0 Å². The Hall–Kier alpha value is -2.45. The second kappa shape index (κ2) is 17.0. The average molecular weight is 588 g/mol. The Morgan fingerprint density at radius 2 is 1.69 bits per heavy atom. The van der Waals surface area contributed by atoms with Crippen molar-refractivity contribution >= 4 is 17.7 Å². The van der Waals surface area contributed by atoms with Crippen LogP contribution in [0, 0.1) is 23.7 Å². The highest BCUT2D eigenvalue weighted by atomic mass is 16.5. The summed E-state index contributed by atoms with van der Waals surface area (Å²) in [5.41, 5.74) is 0.762. The van der Waals surface area contributed by atoms with E-state index in [0.29, 0.717) is 13.0 Å². The zero-order chi connectivity index (χ0) is 31.6. The Bertz CT molecular complexity index is 987. The highest BCUT2D eigenvalue weighted by Crippen LogP contribution is 2.33. The van der Waals surface area contributed by atoms with Crippen LogP contribution in [0.3, 0.4) is 0 Å². The zero-order valence-electron chi connectivity index (χ0n) is 27.5. The molecule has 0 saturated carbocycles. The summed E-state index contributed by atoms with van der Waals surface area (Å²) in [7, 11) is 3.46. The quantitative estimate of drug-likeness (QED) is 0.277. The molecule has 1 aliphatic rings. The van der Waals surface area contributed by atoms with Gasteiger partial charge in [-0.15, -0.1) is 0 Å². The van der Waals surface area contributed by atoms with Crippen molar-refractivity contribution in [3.63, 3.8) is 0 Å². The molecule has 1 heterocycles. The topological polar surface area (TPSA) is 99.2 Å². The van der Waals surface area contributed by atoms with Crippen molar-refractivity contribution < 1.29 is 24.2 Å². The Balaban J connectivity index is 2.15. The van der Waals surface area contributed by atoms with Gasteiger partial charge in [0.15, 0.2) is 0 Å². The van der Waals surface area contributed by atoms with Gasteiger partial charge < -0.3 is 25.0 Å². The maximum absolute atomic E-state index is 13.9. The summed E-state index contributed by atoms with van der Waals surface area (Å²) >= 11 is 0. The number of ether oxygens (including phenoxy) is 1. The van der Waals surface area contributed by atoms with E-state index in [1.54, 1.807) is 12.0 Å². The van der Waals surface area contributed by atoms with Crippen LogP contribution < -0.4 is 5.32 Å². The van der Waals surface area contributed by atoms with E-state index in [9.17, 15) is 19.5 Å². The van der Waals surface area contributed by atoms with Crippen molar-refractivity contribution in [1.82, 2.24) is 15.1 Å². The number of nitrogens with zero attached hydrogens (tertiary/aromatic N) is 2. The van der Waals surface area contributed by atoms with Gasteiger partial charge in [0, 0.05) is 39.1 Å². The summed E-state index contributed by atoms with van der Waals surface area (Å²) in [6.45, 7) is 14.8. The first kappa shape index (κ1) is 35.7. The Kier molecular flexibility index (Phi) is 14.5.